The largest absolute Gasteiger partial charge is 0.373 e. The van der Waals surface area contributed by atoms with E-state index >= 15 is 0 Å². The van der Waals surface area contributed by atoms with Crippen molar-refractivity contribution in [3.05, 3.63) is 51.8 Å². The monoisotopic (exact) mass is 288 g/mol. The smallest absolute Gasteiger partial charge is 0.276 e. The van der Waals surface area contributed by atoms with Gasteiger partial charge in [0.2, 0.25) is 0 Å². The van der Waals surface area contributed by atoms with E-state index in [1.165, 1.54) is 24.3 Å². The molecule has 1 aliphatic rings. The zero-order chi connectivity index (χ0) is 15.0. The van der Waals surface area contributed by atoms with E-state index in [1.54, 1.807) is 18.0 Å². The maximum absolute atomic E-state index is 13.4. The van der Waals surface area contributed by atoms with Crippen molar-refractivity contribution in [3.8, 4) is 0 Å². The highest BCUT2D eigenvalue weighted by Gasteiger charge is 2.24. The van der Waals surface area contributed by atoms with Crippen molar-refractivity contribution in [3.63, 3.8) is 0 Å². The van der Waals surface area contributed by atoms with Gasteiger partial charge in [0.05, 0.1) is 17.1 Å². The summed E-state index contributed by atoms with van der Waals surface area (Å²) in [7, 11) is 1.65. The topological polar surface area (TPSA) is 71.3 Å². The van der Waals surface area contributed by atoms with E-state index < -0.39 is 4.92 Å². The molecule has 3 rings (SSSR count). The number of nitro groups is 1. The molecule has 0 radical (unpaired) electrons. The molecule has 2 heterocycles. The lowest BCUT2D eigenvalue weighted by atomic mass is 10.2. The number of aromatic nitrogens is 1. The first-order chi connectivity index (χ1) is 10.1. The highest BCUT2D eigenvalue weighted by molar-refractivity contribution is 5.70. The number of hydrogen-bond acceptors (Lipinski definition) is 5. The van der Waals surface area contributed by atoms with Gasteiger partial charge in [0.25, 0.3) is 5.69 Å². The van der Waals surface area contributed by atoms with E-state index in [0.717, 1.165) is 12.0 Å². The third-order valence-corrected chi connectivity index (χ3v) is 3.48. The zero-order valence-electron chi connectivity index (χ0n) is 11.3. The number of pyridine rings is 1. The number of benzene rings is 1. The highest BCUT2D eigenvalue weighted by Crippen LogP contribution is 2.36. The SMILES string of the molecule is CNc1cc([N+](=O)[O-])cc(N2CCc3ccc(F)cc32)n1. The quantitative estimate of drug-likeness (QED) is 0.694. The van der Waals surface area contributed by atoms with Crippen LogP contribution in [0.15, 0.2) is 30.3 Å². The van der Waals surface area contributed by atoms with Crippen molar-refractivity contribution in [1.82, 2.24) is 4.98 Å². The predicted molar refractivity (Wildman–Crippen MR) is 77.5 cm³/mol. The first-order valence-electron chi connectivity index (χ1n) is 6.48. The molecule has 2 aromatic rings. The van der Waals surface area contributed by atoms with Crippen molar-refractivity contribution in [2.45, 2.75) is 6.42 Å². The van der Waals surface area contributed by atoms with E-state index in [4.69, 9.17) is 0 Å². The average Bonchev–Trinajstić information content (AvgIpc) is 2.89. The van der Waals surface area contributed by atoms with Crippen LogP contribution in [-0.4, -0.2) is 23.5 Å². The van der Waals surface area contributed by atoms with Crippen LogP contribution in [0.5, 0.6) is 0 Å². The van der Waals surface area contributed by atoms with E-state index in [-0.39, 0.29) is 11.5 Å². The van der Waals surface area contributed by atoms with Crippen molar-refractivity contribution in [1.29, 1.82) is 0 Å². The molecule has 0 saturated heterocycles. The number of hydrogen-bond donors (Lipinski definition) is 1. The number of nitrogens with zero attached hydrogens (tertiary/aromatic N) is 3. The molecule has 1 aromatic carbocycles. The van der Waals surface area contributed by atoms with Crippen LogP contribution in [0.2, 0.25) is 0 Å². The standard InChI is InChI=1S/C14H13FN4O2/c1-16-13-7-11(19(20)21)8-14(17-13)18-5-4-9-2-3-10(15)6-12(9)18/h2-3,6-8H,4-5H2,1H3,(H,16,17). The molecule has 0 aliphatic carbocycles. The minimum Gasteiger partial charge on any atom is -0.373 e. The molecular formula is C14H13FN4O2. The Balaban J connectivity index is 2.08. The van der Waals surface area contributed by atoms with Gasteiger partial charge in [-0.3, -0.25) is 10.1 Å². The Labute approximate surface area is 120 Å². The van der Waals surface area contributed by atoms with Crippen LogP contribution in [-0.2, 0) is 6.42 Å². The van der Waals surface area contributed by atoms with Crippen LogP contribution in [0.25, 0.3) is 0 Å². The second-order valence-electron chi connectivity index (χ2n) is 4.75. The number of nitrogens with one attached hydrogen (secondary N) is 1. The van der Waals surface area contributed by atoms with Gasteiger partial charge >= 0.3 is 0 Å². The molecule has 1 aliphatic heterocycles. The van der Waals surface area contributed by atoms with Crippen LogP contribution in [0.1, 0.15) is 5.56 Å². The van der Waals surface area contributed by atoms with E-state index in [0.29, 0.717) is 23.9 Å². The Hall–Kier alpha value is -2.70. The van der Waals surface area contributed by atoms with E-state index in [2.05, 4.69) is 10.3 Å². The van der Waals surface area contributed by atoms with Crippen LogP contribution in [0.3, 0.4) is 0 Å². The summed E-state index contributed by atoms with van der Waals surface area (Å²) in [5.41, 5.74) is 1.68. The minimum atomic E-state index is -0.464. The van der Waals surface area contributed by atoms with Crippen LogP contribution in [0.4, 0.5) is 27.4 Å². The first kappa shape index (κ1) is 13.3. The van der Waals surface area contributed by atoms with Gasteiger partial charge in [0.15, 0.2) is 0 Å². The van der Waals surface area contributed by atoms with Gasteiger partial charge in [-0.1, -0.05) is 6.07 Å². The Bertz CT molecular complexity index is 720. The van der Waals surface area contributed by atoms with Crippen molar-refractivity contribution >= 4 is 23.0 Å². The lowest BCUT2D eigenvalue weighted by Crippen LogP contribution is -2.15. The van der Waals surface area contributed by atoms with E-state index in [1.807, 2.05) is 0 Å². The van der Waals surface area contributed by atoms with E-state index in [9.17, 15) is 14.5 Å². The van der Waals surface area contributed by atoms with Gasteiger partial charge in [-0.15, -0.1) is 0 Å². The first-order valence-corrected chi connectivity index (χ1v) is 6.48. The molecule has 21 heavy (non-hydrogen) atoms. The normalized spacial score (nSPS) is 13.1. The average molecular weight is 288 g/mol. The molecular weight excluding hydrogens is 275 g/mol. The summed E-state index contributed by atoms with van der Waals surface area (Å²) in [6, 6.07) is 7.36. The lowest BCUT2D eigenvalue weighted by molar-refractivity contribution is -0.384. The molecule has 7 heteroatoms. The van der Waals surface area contributed by atoms with Gasteiger partial charge in [0, 0.05) is 19.3 Å². The number of fused-ring (bicyclic) bond motifs is 1. The second kappa shape index (κ2) is 5.01. The van der Waals surface area contributed by atoms with Crippen molar-refractivity contribution < 1.29 is 9.31 Å². The molecule has 0 amide bonds. The summed E-state index contributed by atoms with van der Waals surface area (Å²) in [5.74, 6) is 0.516. The lowest BCUT2D eigenvalue weighted by Gasteiger charge is -2.19. The fourth-order valence-corrected chi connectivity index (χ4v) is 2.46. The summed E-state index contributed by atoms with van der Waals surface area (Å²) < 4.78 is 13.4. The Morgan fingerprint density at radius 3 is 2.90 bits per heavy atom. The van der Waals surface area contributed by atoms with Gasteiger partial charge < -0.3 is 10.2 Å². The summed E-state index contributed by atoms with van der Waals surface area (Å²) in [6.45, 7) is 0.621. The molecule has 0 spiro atoms. The second-order valence-corrected chi connectivity index (χ2v) is 4.75. The molecule has 1 aromatic heterocycles. The van der Waals surface area contributed by atoms with Crippen LogP contribution >= 0.6 is 0 Å². The van der Waals surface area contributed by atoms with Crippen LogP contribution < -0.4 is 10.2 Å². The van der Waals surface area contributed by atoms with Gasteiger partial charge in [0.1, 0.15) is 17.5 Å². The molecule has 6 nitrogen and oxygen atoms in total. The minimum absolute atomic E-state index is 0.0470. The Morgan fingerprint density at radius 1 is 1.38 bits per heavy atom. The number of halogens is 1. The maximum atomic E-state index is 13.4. The molecule has 108 valence electrons. The molecule has 0 fully saturated rings. The number of rotatable bonds is 3. The fraction of sp³-hybridized carbons (Fsp3) is 0.214. The summed E-state index contributed by atoms with van der Waals surface area (Å²) >= 11 is 0. The Kier molecular flexibility index (Phi) is 3.17. The molecule has 1 N–H and O–H groups in total. The third kappa shape index (κ3) is 2.37. The molecule has 0 atom stereocenters. The molecule has 0 unspecified atom stereocenters. The van der Waals surface area contributed by atoms with Crippen LogP contribution in [0, 0.1) is 15.9 Å². The fourth-order valence-electron chi connectivity index (χ4n) is 2.46. The molecule has 0 bridgehead atoms. The maximum Gasteiger partial charge on any atom is 0.276 e. The van der Waals surface area contributed by atoms with Crippen molar-refractivity contribution in [2.24, 2.45) is 0 Å². The number of anilines is 3. The zero-order valence-corrected chi connectivity index (χ0v) is 11.3. The molecule has 0 saturated carbocycles. The highest BCUT2D eigenvalue weighted by atomic mass is 19.1. The third-order valence-electron chi connectivity index (χ3n) is 3.48. The van der Waals surface area contributed by atoms with Gasteiger partial charge in [-0.05, 0) is 24.1 Å². The summed E-state index contributed by atoms with van der Waals surface area (Å²) in [5, 5.41) is 13.8. The predicted octanol–water partition coefficient (Wildman–Crippen LogP) is 2.86. The Morgan fingerprint density at radius 2 is 2.19 bits per heavy atom. The van der Waals surface area contributed by atoms with Gasteiger partial charge in [-0.2, -0.15) is 0 Å². The summed E-state index contributed by atoms with van der Waals surface area (Å²) in [6.07, 6.45) is 0.759. The van der Waals surface area contributed by atoms with Gasteiger partial charge in [-0.25, -0.2) is 9.37 Å². The van der Waals surface area contributed by atoms with Crippen molar-refractivity contribution in [2.75, 3.05) is 23.8 Å². The summed E-state index contributed by atoms with van der Waals surface area (Å²) in [4.78, 5) is 16.7.